The van der Waals surface area contributed by atoms with Crippen LogP contribution in [-0.2, 0) is 14.7 Å². The zero-order valence-electron chi connectivity index (χ0n) is 21.0. The van der Waals surface area contributed by atoms with Crippen molar-refractivity contribution in [3.63, 3.8) is 0 Å². The van der Waals surface area contributed by atoms with E-state index in [9.17, 15) is 17.8 Å². The number of nitrogens with zero attached hydrogens (tertiary/aromatic N) is 4. The average molecular weight is 489 g/mol. The summed E-state index contributed by atoms with van der Waals surface area (Å²) in [6.45, 7) is 22.1. The number of fused-ring (bicyclic) bond motifs is 2. The van der Waals surface area contributed by atoms with E-state index < -0.39 is 28.6 Å². The van der Waals surface area contributed by atoms with Crippen molar-refractivity contribution in [2.45, 2.75) is 104 Å². The number of urea groups is 1. The fourth-order valence-electron chi connectivity index (χ4n) is 4.59. The lowest BCUT2D eigenvalue weighted by atomic mass is 10.1. The van der Waals surface area contributed by atoms with Crippen LogP contribution in [0.25, 0.3) is 4.85 Å². The second kappa shape index (κ2) is 14.8. The van der Waals surface area contributed by atoms with Crippen molar-refractivity contribution in [2.24, 2.45) is 0 Å². The number of carbonyl (C=O) groups excluding carboxylic acids is 1. The van der Waals surface area contributed by atoms with Gasteiger partial charge >= 0.3 is 12.2 Å². The number of carbonyl (C=O) groups is 1. The van der Waals surface area contributed by atoms with Crippen LogP contribution >= 0.6 is 0 Å². The quantitative estimate of drug-likeness (QED) is 0.155. The van der Waals surface area contributed by atoms with Crippen molar-refractivity contribution in [1.29, 1.82) is 0 Å². The van der Waals surface area contributed by atoms with E-state index in [0.29, 0.717) is 17.9 Å². The molecule has 0 N–H and O–H groups in total. The van der Waals surface area contributed by atoms with Gasteiger partial charge in [-0.2, -0.15) is 9.35 Å². The van der Waals surface area contributed by atoms with Crippen LogP contribution in [0.15, 0.2) is 0 Å². The summed E-state index contributed by atoms with van der Waals surface area (Å²) in [4.78, 5) is 16.1. The van der Waals surface area contributed by atoms with E-state index >= 15 is 0 Å². The van der Waals surface area contributed by atoms with Crippen LogP contribution in [0.5, 0.6) is 0 Å². The van der Waals surface area contributed by atoms with Crippen LogP contribution in [0, 0.1) is 6.57 Å². The van der Waals surface area contributed by atoms with Crippen LogP contribution in [0.2, 0.25) is 0 Å². The van der Waals surface area contributed by atoms with Crippen molar-refractivity contribution >= 4 is 16.4 Å². The van der Waals surface area contributed by atoms with Crippen LogP contribution in [0.1, 0.15) is 91.9 Å². The predicted octanol–water partition coefficient (Wildman–Crippen LogP) is 4.53. The molecule has 33 heavy (non-hydrogen) atoms. The van der Waals surface area contributed by atoms with E-state index in [1.54, 1.807) is 0 Å². The topological polar surface area (TPSA) is 94.3 Å². The molecular weight excluding hydrogens is 444 g/mol. The highest BCUT2D eigenvalue weighted by Gasteiger charge is 2.49. The van der Waals surface area contributed by atoms with Crippen LogP contribution < -0.4 is 0 Å². The van der Waals surface area contributed by atoms with Gasteiger partial charge in [-0.1, -0.05) is 53.4 Å². The van der Waals surface area contributed by atoms with Gasteiger partial charge in [-0.25, -0.2) is 19.8 Å². The minimum atomic E-state index is -4.95. The zero-order valence-corrected chi connectivity index (χ0v) is 21.8. The van der Waals surface area contributed by atoms with Crippen molar-refractivity contribution in [2.75, 3.05) is 32.7 Å². The molecule has 0 spiro atoms. The third-order valence-electron chi connectivity index (χ3n) is 6.56. The number of rotatable bonds is 14. The van der Waals surface area contributed by atoms with E-state index in [1.165, 1.54) is 86.9 Å². The van der Waals surface area contributed by atoms with Gasteiger partial charge < -0.3 is 9.04 Å². The lowest BCUT2D eigenvalue weighted by Gasteiger charge is -2.39. The Balaban J connectivity index is 0.000000330. The van der Waals surface area contributed by atoms with Crippen molar-refractivity contribution < 1.29 is 26.5 Å². The third kappa shape index (κ3) is 9.77. The first-order valence-corrected chi connectivity index (χ1v) is 14.0. The number of quaternary nitrogens is 1. The Labute approximate surface area is 201 Å². The minimum absolute atomic E-state index is 0.224. The predicted molar refractivity (Wildman–Crippen MR) is 127 cm³/mol. The highest BCUT2D eigenvalue weighted by molar-refractivity contribution is 7.80. The molecule has 2 atom stereocenters. The van der Waals surface area contributed by atoms with Crippen molar-refractivity contribution in [1.82, 2.24) is 9.96 Å². The third-order valence-corrected chi connectivity index (χ3v) is 6.90. The first-order chi connectivity index (χ1) is 15.7. The molecule has 2 aliphatic rings. The van der Waals surface area contributed by atoms with E-state index in [4.69, 9.17) is 6.57 Å². The van der Waals surface area contributed by atoms with Crippen LogP contribution in [-0.4, -0.2) is 78.4 Å². The molecule has 2 rings (SSSR count). The Morgan fingerprint density at radius 1 is 0.970 bits per heavy atom. The van der Waals surface area contributed by atoms with Gasteiger partial charge in [0.15, 0.2) is 0 Å². The molecule has 192 valence electrons. The summed E-state index contributed by atoms with van der Waals surface area (Å²) in [6, 6.07) is -1.20. The van der Waals surface area contributed by atoms with Gasteiger partial charge in [0.05, 0.1) is 38.8 Å². The first-order valence-electron chi connectivity index (χ1n) is 12.6. The maximum absolute atomic E-state index is 11.6. The number of hydrogen-bond acceptors (Lipinski definition) is 5. The molecule has 2 heterocycles. The lowest BCUT2D eigenvalue weighted by molar-refractivity contribution is -0.929. The van der Waals surface area contributed by atoms with Crippen LogP contribution in [0.3, 0.4) is 0 Å². The number of unbranched alkanes of at least 4 members (excludes halogenated alkanes) is 4. The number of amides is 2. The number of hydroxylamine groups is 2. The number of hydrogen-bond donors (Lipinski definition) is 0. The number of piperidine rings is 1. The second-order valence-electron chi connectivity index (χ2n) is 9.23. The van der Waals surface area contributed by atoms with Crippen molar-refractivity contribution in [3.05, 3.63) is 11.4 Å². The Bertz CT molecular complexity index is 687. The molecule has 0 radical (unpaired) electrons. The van der Waals surface area contributed by atoms with Crippen molar-refractivity contribution in [3.8, 4) is 0 Å². The van der Waals surface area contributed by atoms with E-state index in [1.807, 2.05) is 0 Å². The Morgan fingerprint density at radius 3 is 1.79 bits per heavy atom. The van der Waals surface area contributed by atoms with Gasteiger partial charge in [0.25, 0.3) is 0 Å². The summed E-state index contributed by atoms with van der Waals surface area (Å²) in [5.74, 6) is 0. The molecule has 10 heteroatoms. The molecule has 2 aliphatic heterocycles. The van der Waals surface area contributed by atoms with Gasteiger partial charge in [-0.15, -0.1) is 0 Å². The summed E-state index contributed by atoms with van der Waals surface area (Å²) >= 11 is 0. The normalized spacial score (nSPS) is 20.4. The molecule has 2 amide bonds. The summed E-state index contributed by atoms with van der Waals surface area (Å²) in [5, 5.41) is 0.563. The maximum Gasteiger partial charge on any atom is 0.351 e. The summed E-state index contributed by atoms with van der Waals surface area (Å²) in [5.41, 5.74) is 0. The van der Waals surface area contributed by atoms with Gasteiger partial charge in [0, 0.05) is 6.42 Å². The van der Waals surface area contributed by atoms with Gasteiger partial charge in [-0.05, 0) is 32.1 Å². The Kier molecular flexibility index (Phi) is 13.3. The molecule has 2 saturated heterocycles. The van der Waals surface area contributed by atoms with Gasteiger partial charge in [0.2, 0.25) is 10.4 Å². The van der Waals surface area contributed by atoms with Gasteiger partial charge in [-0.3, -0.25) is 9.74 Å². The SMILES string of the molecule is CCCC[N+](CCCC)(CCCC)CCCC.[C-]#[N+][C@@H]1CC[C@@H]2CN1C(=O)N2OS(=O)(=O)[O-]. The fraction of sp³-hybridized carbons (Fsp3) is 0.913. The van der Waals surface area contributed by atoms with Crippen LogP contribution in [0.4, 0.5) is 4.79 Å². The summed E-state index contributed by atoms with van der Waals surface area (Å²) in [7, 11) is -4.95. The standard InChI is InChI=1S/C16H36N.C7H9N3O5S/c1-5-9-13-17(14-10-6-2,15-11-7-3)16-12-8-4;1-8-6-3-2-5-4-9(6)7(11)10(5)15-16(12,13)14/h5-16H2,1-4H3;5-6H,2-4H2,(H,12,13,14)/q+1;/p-1/t;5-,6+/m.1/s1. The molecule has 0 aromatic carbocycles. The molecule has 0 saturated carbocycles. The molecule has 9 nitrogen and oxygen atoms in total. The average Bonchev–Trinajstić information content (AvgIpc) is 3.02. The van der Waals surface area contributed by atoms with E-state index in [-0.39, 0.29) is 6.54 Å². The zero-order chi connectivity index (χ0) is 24.9. The smallest absolute Gasteiger partial charge is 0.351 e. The molecule has 2 fully saturated rings. The fourth-order valence-corrected chi connectivity index (χ4v) is 4.97. The van der Waals surface area contributed by atoms with Gasteiger partial charge in [0.1, 0.15) is 0 Å². The molecule has 0 aliphatic carbocycles. The first kappa shape index (κ1) is 29.6. The second-order valence-corrected chi connectivity index (χ2v) is 10.2. The molecule has 0 aromatic rings. The minimum Gasteiger partial charge on any atom is -0.724 e. The maximum atomic E-state index is 11.6. The Hall–Kier alpha value is -1.41. The summed E-state index contributed by atoms with van der Waals surface area (Å²) < 4.78 is 36.8. The molecule has 2 bridgehead atoms. The Morgan fingerprint density at radius 2 is 1.42 bits per heavy atom. The highest BCUT2D eigenvalue weighted by Crippen LogP contribution is 2.30. The van der Waals surface area contributed by atoms with E-state index in [0.717, 1.165) is 0 Å². The molecular formula is C23H44N4O5S. The largest absolute Gasteiger partial charge is 0.724 e. The lowest BCUT2D eigenvalue weighted by Crippen LogP contribution is -2.50. The molecule has 0 unspecified atom stereocenters. The monoisotopic (exact) mass is 488 g/mol. The molecule has 0 aromatic heterocycles. The highest BCUT2D eigenvalue weighted by atomic mass is 32.3. The van der Waals surface area contributed by atoms with E-state index in [2.05, 4.69) is 36.8 Å². The summed E-state index contributed by atoms with van der Waals surface area (Å²) in [6.07, 6.45) is 11.4.